The fourth-order valence-corrected chi connectivity index (χ4v) is 4.19. The standard InChI is InChI=1S/C18H30N4O3S/c1-14(2)18(22-11-9-21(4)10-12-22)13-19-26(24,25)17-7-5-16(6-8-17)20-15(3)23/h5-8,14,18-19H,9-13H2,1-4H3,(H,20,23). The number of rotatable bonds is 7. The van der Waals surface area contributed by atoms with Gasteiger partial charge in [0.15, 0.2) is 0 Å². The molecule has 1 aromatic rings. The third-order valence-corrected chi connectivity index (χ3v) is 6.18. The summed E-state index contributed by atoms with van der Waals surface area (Å²) in [5.41, 5.74) is 0.578. The van der Waals surface area contributed by atoms with Crippen molar-refractivity contribution >= 4 is 21.6 Å². The van der Waals surface area contributed by atoms with E-state index in [4.69, 9.17) is 0 Å². The van der Waals surface area contributed by atoms with Crippen LogP contribution in [0.1, 0.15) is 20.8 Å². The minimum Gasteiger partial charge on any atom is -0.326 e. The minimum atomic E-state index is -3.58. The Balaban J connectivity index is 2.01. The number of carbonyl (C=O) groups is 1. The summed E-state index contributed by atoms with van der Waals surface area (Å²) in [5.74, 6) is 0.161. The fraction of sp³-hybridized carbons (Fsp3) is 0.611. The minimum absolute atomic E-state index is 0.164. The molecule has 1 aliphatic rings. The largest absolute Gasteiger partial charge is 0.326 e. The molecule has 1 aliphatic heterocycles. The van der Waals surface area contributed by atoms with Crippen LogP contribution in [0.2, 0.25) is 0 Å². The number of hydrogen-bond donors (Lipinski definition) is 2. The monoisotopic (exact) mass is 382 g/mol. The maximum atomic E-state index is 12.6. The summed E-state index contributed by atoms with van der Waals surface area (Å²) >= 11 is 0. The highest BCUT2D eigenvalue weighted by Gasteiger charge is 2.26. The molecule has 1 fully saturated rings. The van der Waals surface area contributed by atoms with Crippen molar-refractivity contribution in [2.24, 2.45) is 5.92 Å². The highest BCUT2D eigenvalue weighted by atomic mass is 32.2. The first-order valence-corrected chi connectivity index (χ1v) is 10.5. The second-order valence-electron chi connectivity index (χ2n) is 7.21. The molecule has 1 aromatic carbocycles. The maximum Gasteiger partial charge on any atom is 0.240 e. The zero-order chi connectivity index (χ0) is 19.3. The van der Waals surface area contributed by atoms with Crippen molar-refractivity contribution in [2.45, 2.75) is 31.7 Å². The van der Waals surface area contributed by atoms with Gasteiger partial charge < -0.3 is 10.2 Å². The molecule has 2 rings (SSSR count). The average Bonchev–Trinajstić information content (AvgIpc) is 2.56. The van der Waals surface area contributed by atoms with Gasteiger partial charge >= 0.3 is 0 Å². The average molecular weight is 383 g/mol. The van der Waals surface area contributed by atoms with Crippen LogP contribution in [0.5, 0.6) is 0 Å². The molecule has 0 aromatic heterocycles. The normalized spacial score (nSPS) is 18.0. The summed E-state index contributed by atoms with van der Waals surface area (Å²) in [6.07, 6.45) is 0. The number of anilines is 1. The van der Waals surface area contributed by atoms with Crippen LogP contribution in [-0.2, 0) is 14.8 Å². The van der Waals surface area contributed by atoms with Crippen molar-refractivity contribution in [1.82, 2.24) is 14.5 Å². The topological polar surface area (TPSA) is 81.7 Å². The lowest BCUT2D eigenvalue weighted by Gasteiger charge is -2.39. The molecule has 0 bridgehead atoms. The number of likely N-dealkylation sites (N-methyl/N-ethyl adjacent to an activating group) is 1. The zero-order valence-electron chi connectivity index (χ0n) is 16.0. The first kappa shape index (κ1) is 20.8. The second kappa shape index (κ2) is 8.94. The fourth-order valence-electron chi connectivity index (χ4n) is 3.14. The number of hydrogen-bond acceptors (Lipinski definition) is 5. The van der Waals surface area contributed by atoms with E-state index in [0.29, 0.717) is 18.2 Å². The quantitative estimate of drug-likeness (QED) is 0.740. The van der Waals surface area contributed by atoms with Gasteiger partial charge in [0.05, 0.1) is 4.90 Å². The van der Waals surface area contributed by atoms with Crippen LogP contribution in [0.4, 0.5) is 5.69 Å². The van der Waals surface area contributed by atoms with Gasteiger partial charge in [-0.2, -0.15) is 0 Å². The van der Waals surface area contributed by atoms with Crippen LogP contribution in [-0.4, -0.2) is 69.9 Å². The Hall–Kier alpha value is -1.48. The molecule has 7 nitrogen and oxygen atoms in total. The van der Waals surface area contributed by atoms with Crippen molar-refractivity contribution in [3.8, 4) is 0 Å². The third kappa shape index (κ3) is 5.77. The van der Waals surface area contributed by atoms with Crippen molar-refractivity contribution < 1.29 is 13.2 Å². The van der Waals surface area contributed by atoms with E-state index in [-0.39, 0.29) is 16.8 Å². The van der Waals surface area contributed by atoms with E-state index in [2.05, 4.69) is 40.7 Å². The molecular formula is C18H30N4O3S. The first-order valence-electron chi connectivity index (χ1n) is 8.99. The second-order valence-corrected chi connectivity index (χ2v) is 8.98. The Morgan fingerprint density at radius 1 is 1.12 bits per heavy atom. The summed E-state index contributed by atoms with van der Waals surface area (Å²) in [5, 5.41) is 2.63. The highest BCUT2D eigenvalue weighted by Crippen LogP contribution is 2.16. The molecule has 2 N–H and O–H groups in total. The van der Waals surface area contributed by atoms with E-state index in [1.807, 2.05) is 0 Å². The van der Waals surface area contributed by atoms with E-state index in [1.54, 1.807) is 12.1 Å². The molecule has 1 unspecified atom stereocenters. The van der Waals surface area contributed by atoms with Crippen LogP contribution >= 0.6 is 0 Å². The predicted molar refractivity (Wildman–Crippen MR) is 104 cm³/mol. The van der Waals surface area contributed by atoms with Gasteiger partial charge in [-0.1, -0.05) is 13.8 Å². The molecule has 0 radical (unpaired) electrons. The lowest BCUT2D eigenvalue weighted by Crippen LogP contribution is -2.54. The van der Waals surface area contributed by atoms with Crippen molar-refractivity contribution in [3.05, 3.63) is 24.3 Å². The van der Waals surface area contributed by atoms with Crippen LogP contribution < -0.4 is 10.0 Å². The van der Waals surface area contributed by atoms with Gasteiger partial charge in [-0.25, -0.2) is 13.1 Å². The number of carbonyl (C=O) groups excluding carboxylic acids is 1. The maximum absolute atomic E-state index is 12.6. The van der Waals surface area contributed by atoms with Crippen molar-refractivity contribution in [2.75, 3.05) is 45.1 Å². The van der Waals surface area contributed by atoms with E-state index in [9.17, 15) is 13.2 Å². The zero-order valence-corrected chi connectivity index (χ0v) is 16.8. The molecule has 0 saturated carbocycles. The molecule has 0 aliphatic carbocycles. The van der Waals surface area contributed by atoms with Crippen molar-refractivity contribution in [1.29, 1.82) is 0 Å². The summed E-state index contributed by atoms with van der Waals surface area (Å²) < 4.78 is 28.0. The molecule has 1 amide bonds. The number of nitrogens with zero attached hydrogens (tertiary/aromatic N) is 2. The lowest BCUT2D eigenvalue weighted by atomic mass is 10.0. The van der Waals surface area contributed by atoms with E-state index >= 15 is 0 Å². The van der Waals surface area contributed by atoms with Crippen molar-refractivity contribution in [3.63, 3.8) is 0 Å². The van der Waals surface area contributed by atoms with E-state index in [1.165, 1.54) is 19.1 Å². The Labute approximate surface area is 156 Å². The summed E-state index contributed by atoms with van der Waals surface area (Å²) in [7, 11) is -1.48. The Morgan fingerprint density at radius 3 is 2.19 bits per heavy atom. The van der Waals surface area contributed by atoms with Gasteiger partial charge in [0.25, 0.3) is 0 Å². The van der Waals surface area contributed by atoms with Gasteiger partial charge in [0.1, 0.15) is 0 Å². The molecule has 1 atom stereocenters. The number of amides is 1. The smallest absolute Gasteiger partial charge is 0.240 e. The Bertz CT molecular complexity index is 696. The third-order valence-electron chi connectivity index (χ3n) is 4.74. The number of benzene rings is 1. The van der Waals surface area contributed by atoms with Gasteiger partial charge in [-0.15, -0.1) is 0 Å². The first-order chi connectivity index (χ1) is 12.2. The summed E-state index contributed by atoms with van der Waals surface area (Å²) in [4.78, 5) is 15.9. The molecule has 1 saturated heterocycles. The van der Waals surface area contributed by atoms with Crippen LogP contribution in [0, 0.1) is 5.92 Å². The molecule has 26 heavy (non-hydrogen) atoms. The Morgan fingerprint density at radius 2 is 1.69 bits per heavy atom. The number of nitrogens with one attached hydrogen (secondary N) is 2. The van der Waals surface area contributed by atoms with Crippen LogP contribution in [0.3, 0.4) is 0 Å². The van der Waals surface area contributed by atoms with Crippen LogP contribution in [0.25, 0.3) is 0 Å². The highest BCUT2D eigenvalue weighted by molar-refractivity contribution is 7.89. The molecule has 1 heterocycles. The SMILES string of the molecule is CC(=O)Nc1ccc(S(=O)(=O)NCC(C(C)C)N2CCN(C)CC2)cc1. The van der Waals surface area contributed by atoms with Gasteiger partial charge in [0.2, 0.25) is 15.9 Å². The molecule has 8 heteroatoms. The summed E-state index contributed by atoms with van der Waals surface area (Å²) in [6.45, 7) is 9.95. The Kier molecular flexibility index (Phi) is 7.16. The molecule has 146 valence electrons. The number of sulfonamides is 1. The molecular weight excluding hydrogens is 352 g/mol. The van der Waals surface area contributed by atoms with Gasteiger partial charge in [-0.05, 0) is 37.2 Å². The van der Waals surface area contributed by atoms with E-state index in [0.717, 1.165) is 26.2 Å². The predicted octanol–water partition coefficient (Wildman–Crippen LogP) is 1.20. The molecule has 0 spiro atoms. The van der Waals surface area contributed by atoms with E-state index < -0.39 is 10.0 Å². The van der Waals surface area contributed by atoms with Crippen LogP contribution in [0.15, 0.2) is 29.2 Å². The summed E-state index contributed by atoms with van der Waals surface area (Å²) in [6, 6.07) is 6.37. The lowest BCUT2D eigenvalue weighted by molar-refractivity contribution is -0.114. The van der Waals surface area contributed by atoms with Gasteiger partial charge in [0, 0.05) is 51.4 Å². The number of piperazine rings is 1. The van der Waals surface area contributed by atoms with Gasteiger partial charge in [-0.3, -0.25) is 9.69 Å².